The summed E-state index contributed by atoms with van der Waals surface area (Å²) >= 11 is 0. The molecule has 0 atom stereocenters. The van der Waals surface area contributed by atoms with Gasteiger partial charge in [-0.3, -0.25) is 0 Å². The molecule has 0 unspecified atom stereocenters. The summed E-state index contributed by atoms with van der Waals surface area (Å²) in [6.45, 7) is 0. The predicted octanol–water partition coefficient (Wildman–Crippen LogP) is 1.15. The van der Waals surface area contributed by atoms with Crippen LogP contribution in [0.4, 0.5) is 0 Å². The molecule has 0 aliphatic heterocycles. The van der Waals surface area contributed by atoms with Crippen LogP contribution in [0.3, 0.4) is 0 Å². The van der Waals surface area contributed by atoms with Gasteiger partial charge in [0.1, 0.15) is 0 Å². The maximum atomic E-state index is 5.35. The van der Waals surface area contributed by atoms with Gasteiger partial charge in [0.15, 0.2) is 11.2 Å². The molecule has 1 rings (SSSR count). The van der Waals surface area contributed by atoms with Gasteiger partial charge in [0.25, 0.3) is 0 Å². The van der Waals surface area contributed by atoms with Crippen molar-refractivity contribution in [3.05, 3.63) is 24.3 Å². The summed E-state index contributed by atoms with van der Waals surface area (Å²) in [5.74, 6) is 5.07. The van der Waals surface area contributed by atoms with Crippen LogP contribution in [0.1, 0.15) is 0 Å². The van der Waals surface area contributed by atoms with E-state index in [-0.39, 0.29) is 0 Å². The molecule has 0 saturated carbocycles. The van der Waals surface area contributed by atoms with E-state index in [1.807, 2.05) is 0 Å². The van der Waals surface area contributed by atoms with Gasteiger partial charge in [0, 0.05) is 14.2 Å². The second kappa shape index (κ2) is 3.72. The van der Waals surface area contributed by atoms with Crippen molar-refractivity contribution in [1.82, 2.24) is 0 Å². The van der Waals surface area contributed by atoms with Crippen molar-refractivity contribution in [2.75, 3.05) is 14.2 Å². The van der Waals surface area contributed by atoms with Crippen molar-refractivity contribution in [2.45, 2.75) is 11.2 Å². The van der Waals surface area contributed by atoms with Gasteiger partial charge in [-0.05, 0) is 24.3 Å². The Hall–Kier alpha value is -1.48. The molecule has 0 spiro atoms. The Kier molecular flexibility index (Phi) is 2.81. The smallest absolute Gasteiger partial charge is 0.165 e. The highest BCUT2D eigenvalue weighted by molar-refractivity contribution is 5.42. The van der Waals surface area contributed by atoms with Crippen molar-refractivity contribution in [3.63, 3.8) is 0 Å². The van der Waals surface area contributed by atoms with Crippen molar-refractivity contribution < 1.29 is 9.47 Å². The van der Waals surface area contributed by atoms with Crippen LogP contribution < -0.4 is 0 Å². The van der Waals surface area contributed by atoms with Crippen molar-refractivity contribution in [3.8, 4) is 24.7 Å². The van der Waals surface area contributed by atoms with Crippen LogP contribution >= 0.6 is 0 Å². The molecule has 72 valence electrons. The van der Waals surface area contributed by atoms with E-state index in [4.69, 9.17) is 22.3 Å². The molecular formula is C12H12O2. The van der Waals surface area contributed by atoms with Crippen LogP contribution in [-0.2, 0) is 9.47 Å². The van der Waals surface area contributed by atoms with E-state index in [0.717, 1.165) is 0 Å². The molecule has 0 aromatic heterocycles. The average Bonchev–Trinajstić information content (AvgIpc) is 2.29. The zero-order chi connectivity index (χ0) is 10.7. The van der Waals surface area contributed by atoms with Crippen molar-refractivity contribution in [2.24, 2.45) is 0 Å². The topological polar surface area (TPSA) is 18.5 Å². The number of ether oxygens (including phenoxy) is 2. The number of methoxy groups -OCH3 is 2. The molecule has 2 nitrogen and oxygen atoms in total. The third-order valence-corrected chi connectivity index (χ3v) is 2.28. The molecule has 0 fully saturated rings. The summed E-state index contributed by atoms with van der Waals surface area (Å²) in [6.07, 6.45) is 17.6. The SMILES string of the molecule is C#CC1(OC)C=CC(C#C)(OC)C=C1. The average molecular weight is 188 g/mol. The summed E-state index contributed by atoms with van der Waals surface area (Å²) in [6, 6.07) is 0. The standard InChI is InChI=1S/C12H12O2/c1-5-11(13-3)7-9-12(6-2,14-4)10-8-11/h1-2,7-10H,3-4H3. The van der Waals surface area contributed by atoms with Crippen molar-refractivity contribution in [1.29, 1.82) is 0 Å². The lowest BCUT2D eigenvalue weighted by molar-refractivity contribution is 0.0955. The molecule has 0 saturated heterocycles. The summed E-state index contributed by atoms with van der Waals surface area (Å²) in [7, 11) is 3.09. The fourth-order valence-corrected chi connectivity index (χ4v) is 1.19. The Balaban J connectivity index is 3.01. The summed E-state index contributed by atoms with van der Waals surface area (Å²) < 4.78 is 10.4. The number of hydrogen-bond donors (Lipinski definition) is 0. The Bertz CT molecular complexity index is 301. The van der Waals surface area contributed by atoms with Crippen LogP contribution in [-0.4, -0.2) is 25.4 Å². The second-order valence-electron chi connectivity index (χ2n) is 2.95. The molecule has 0 bridgehead atoms. The van der Waals surface area contributed by atoms with Crippen LogP contribution in [0.25, 0.3) is 0 Å². The Morgan fingerprint density at radius 1 is 0.857 bits per heavy atom. The van der Waals surface area contributed by atoms with Crippen LogP contribution in [0.2, 0.25) is 0 Å². The first kappa shape index (κ1) is 10.6. The maximum absolute atomic E-state index is 5.35. The molecule has 0 amide bonds. The third kappa shape index (κ3) is 1.59. The van der Waals surface area contributed by atoms with E-state index < -0.39 is 11.2 Å². The Labute approximate surface area is 84.6 Å². The second-order valence-corrected chi connectivity index (χ2v) is 2.95. The van der Waals surface area contributed by atoms with Gasteiger partial charge in [0.2, 0.25) is 0 Å². The predicted molar refractivity (Wildman–Crippen MR) is 55.4 cm³/mol. The van der Waals surface area contributed by atoms with E-state index in [9.17, 15) is 0 Å². The normalized spacial score (nSPS) is 34.9. The van der Waals surface area contributed by atoms with E-state index in [1.54, 1.807) is 38.5 Å². The van der Waals surface area contributed by atoms with Crippen LogP contribution in [0.5, 0.6) is 0 Å². The molecule has 0 aromatic carbocycles. The first-order valence-electron chi connectivity index (χ1n) is 4.12. The van der Waals surface area contributed by atoms with Gasteiger partial charge in [-0.2, -0.15) is 0 Å². The highest BCUT2D eigenvalue weighted by atomic mass is 16.5. The highest BCUT2D eigenvalue weighted by Gasteiger charge is 2.30. The van der Waals surface area contributed by atoms with Gasteiger partial charge in [-0.15, -0.1) is 12.8 Å². The number of rotatable bonds is 2. The highest BCUT2D eigenvalue weighted by Crippen LogP contribution is 2.25. The largest absolute Gasteiger partial charge is 0.358 e. The minimum Gasteiger partial charge on any atom is -0.358 e. The summed E-state index contributed by atoms with van der Waals surface area (Å²) in [4.78, 5) is 0. The van der Waals surface area contributed by atoms with Crippen LogP contribution in [0.15, 0.2) is 24.3 Å². The van der Waals surface area contributed by atoms with Gasteiger partial charge in [0.05, 0.1) is 0 Å². The molecule has 1 aliphatic carbocycles. The molecule has 2 heteroatoms. The number of terminal acetylenes is 2. The minimum absolute atomic E-state index is 0.793. The first-order valence-corrected chi connectivity index (χ1v) is 4.12. The Morgan fingerprint density at radius 2 is 1.14 bits per heavy atom. The van der Waals surface area contributed by atoms with Gasteiger partial charge >= 0.3 is 0 Å². The van der Waals surface area contributed by atoms with Gasteiger partial charge in [-0.1, -0.05) is 11.8 Å². The van der Waals surface area contributed by atoms with E-state index in [0.29, 0.717) is 0 Å². The lowest BCUT2D eigenvalue weighted by Gasteiger charge is -2.28. The lowest BCUT2D eigenvalue weighted by Crippen LogP contribution is -2.34. The Morgan fingerprint density at radius 3 is 1.29 bits per heavy atom. The quantitative estimate of drug-likeness (QED) is 0.478. The summed E-state index contributed by atoms with van der Waals surface area (Å²) in [5.41, 5.74) is -1.59. The third-order valence-electron chi connectivity index (χ3n) is 2.28. The first-order chi connectivity index (χ1) is 6.66. The van der Waals surface area contributed by atoms with Crippen LogP contribution in [0, 0.1) is 24.7 Å². The molecule has 0 N–H and O–H groups in total. The minimum atomic E-state index is -0.793. The fourth-order valence-electron chi connectivity index (χ4n) is 1.19. The monoisotopic (exact) mass is 188 g/mol. The molecule has 0 radical (unpaired) electrons. The lowest BCUT2D eigenvalue weighted by atomic mass is 9.90. The molecular weight excluding hydrogens is 176 g/mol. The summed E-state index contributed by atoms with van der Waals surface area (Å²) in [5, 5.41) is 0. The van der Waals surface area contributed by atoms with E-state index >= 15 is 0 Å². The fraction of sp³-hybridized carbons (Fsp3) is 0.333. The number of hydrogen-bond acceptors (Lipinski definition) is 2. The van der Waals surface area contributed by atoms with Crippen molar-refractivity contribution >= 4 is 0 Å². The molecule has 0 aromatic rings. The van der Waals surface area contributed by atoms with Gasteiger partial charge in [-0.25, -0.2) is 0 Å². The molecule has 14 heavy (non-hydrogen) atoms. The zero-order valence-electron chi connectivity index (χ0n) is 8.28. The maximum Gasteiger partial charge on any atom is 0.165 e. The molecule has 1 aliphatic rings. The zero-order valence-corrected chi connectivity index (χ0v) is 8.28. The van der Waals surface area contributed by atoms with E-state index in [1.165, 1.54) is 0 Å². The van der Waals surface area contributed by atoms with E-state index in [2.05, 4.69) is 11.8 Å². The molecule has 0 heterocycles. The van der Waals surface area contributed by atoms with Gasteiger partial charge < -0.3 is 9.47 Å².